The summed E-state index contributed by atoms with van der Waals surface area (Å²) in [5.74, 6) is 0.710. The maximum absolute atomic E-state index is 13.0. The first-order chi connectivity index (χ1) is 12.5. The van der Waals surface area contributed by atoms with Gasteiger partial charge in [0.15, 0.2) is 5.96 Å². The topological polar surface area (TPSA) is 35.8 Å². The zero-order valence-electron chi connectivity index (χ0n) is 16.7. The van der Waals surface area contributed by atoms with Crippen LogP contribution < -0.4 is 5.32 Å². The molecule has 0 aliphatic heterocycles. The fraction of sp³-hybridized carbons (Fsp3) is 0.450. The minimum atomic E-state index is -0.197. The summed E-state index contributed by atoms with van der Waals surface area (Å²) < 4.78 is 15.1. The molecule has 150 valence electrons. The van der Waals surface area contributed by atoms with Gasteiger partial charge in [-0.15, -0.1) is 24.0 Å². The van der Waals surface area contributed by atoms with Crippen LogP contribution in [0.4, 0.5) is 4.39 Å². The fourth-order valence-electron chi connectivity index (χ4n) is 2.76. The minimum absolute atomic E-state index is 0. The molecule has 2 aromatic rings. The van der Waals surface area contributed by atoms with Crippen molar-refractivity contribution in [3.8, 4) is 0 Å². The SMILES string of the molecule is CCNC(=NCCN(C)Cc1ccc(F)cc1)N(C)Cc1cccn1C.I. The van der Waals surface area contributed by atoms with E-state index in [4.69, 9.17) is 4.99 Å². The highest BCUT2D eigenvalue weighted by Gasteiger charge is 2.08. The van der Waals surface area contributed by atoms with Gasteiger partial charge in [0.25, 0.3) is 0 Å². The summed E-state index contributed by atoms with van der Waals surface area (Å²) in [5.41, 5.74) is 2.34. The molecule has 0 aliphatic carbocycles. The van der Waals surface area contributed by atoms with E-state index in [1.54, 1.807) is 0 Å². The Morgan fingerprint density at radius 1 is 1.15 bits per heavy atom. The van der Waals surface area contributed by atoms with Gasteiger partial charge >= 0.3 is 0 Å². The maximum Gasteiger partial charge on any atom is 0.194 e. The van der Waals surface area contributed by atoms with Crippen LogP contribution in [0.1, 0.15) is 18.2 Å². The number of rotatable bonds is 8. The third-order valence-corrected chi connectivity index (χ3v) is 4.26. The number of halogens is 2. The number of nitrogens with one attached hydrogen (secondary N) is 1. The molecule has 0 unspecified atom stereocenters. The molecule has 2 rings (SSSR count). The van der Waals surface area contributed by atoms with Gasteiger partial charge < -0.3 is 19.7 Å². The van der Waals surface area contributed by atoms with E-state index in [9.17, 15) is 4.39 Å². The summed E-state index contributed by atoms with van der Waals surface area (Å²) in [6, 6.07) is 10.8. The summed E-state index contributed by atoms with van der Waals surface area (Å²) in [6.07, 6.45) is 2.05. The van der Waals surface area contributed by atoms with Gasteiger partial charge in [0.1, 0.15) is 5.82 Å². The molecule has 0 spiro atoms. The van der Waals surface area contributed by atoms with Crippen molar-refractivity contribution < 1.29 is 4.39 Å². The predicted molar refractivity (Wildman–Crippen MR) is 121 cm³/mol. The molecule has 0 saturated carbocycles. The van der Waals surface area contributed by atoms with Crippen molar-refractivity contribution in [1.82, 2.24) is 19.7 Å². The molecule has 1 aromatic heterocycles. The molecule has 7 heteroatoms. The summed E-state index contributed by atoms with van der Waals surface area (Å²) in [5, 5.41) is 3.35. The summed E-state index contributed by atoms with van der Waals surface area (Å²) in [6.45, 7) is 6.04. The van der Waals surface area contributed by atoms with Crippen LogP contribution in [-0.2, 0) is 20.1 Å². The number of aliphatic imine (C=N–C) groups is 1. The molecule has 0 radical (unpaired) electrons. The van der Waals surface area contributed by atoms with Gasteiger partial charge in [-0.3, -0.25) is 4.99 Å². The molecular weight excluding hydrogens is 456 g/mol. The molecule has 0 fully saturated rings. The smallest absolute Gasteiger partial charge is 0.194 e. The van der Waals surface area contributed by atoms with Gasteiger partial charge in [-0.1, -0.05) is 12.1 Å². The highest BCUT2D eigenvalue weighted by Crippen LogP contribution is 2.06. The fourth-order valence-corrected chi connectivity index (χ4v) is 2.76. The Balaban J connectivity index is 0.00000364. The van der Waals surface area contributed by atoms with Crippen LogP contribution in [0.25, 0.3) is 0 Å². The van der Waals surface area contributed by atoms with Crippen molar-refractivity contribution in [1.29, 1.82) is 0 Å². The normalized spacial score (nSPS) is 11.4. The zero-order valence-corrected chi connectivity index (χ0v) is 19.0. The lowest BCUT2D eigenvalue weighted by atomic mass is 10.2. The quantitative estimate of drug-likeness (QED) is 0.353. The molecule has 0 bridgehead atoms. The van der Waals surface area contributed by atoms with Gasteiger partial charge in [-0.2, -0.15) is 0 Å². The van der Waals surface area contributed by atoms with Crippen molar-refractivity contribution in [2.75, 3.05) is 33.7 Å². The second-order valence-corrected chi connectivity index (χ2v) is 6.57. The second kappa shape index (κ2) is 12.0. The lowest BCUT2D eigenvalue weighted by Crippen LogP contribution is -2.39. The van der Waals surface area contributed by atoms with Gasteiger partial charge in [-0.05, 0) is 43.8 Å². The van der Waals surface area contributed by atoms with Crippen LogP contribution in [0.3, 0.4) is 0 Å². The zero-order chi connectivity index (χ0) is 18.9. The molecule has 0 saturated heterocycles. The molecule has 1 N–H and O–H groups in total. The maximum atomic E-state index is 13.0. The average molecular weight is 487 g/mol. The minimum Gasteiger partial charge on any atom is -0.357 e. The Kier molecular flexibility index (Phi) is 10.4. The molecular formula is C20H31FIN5. The van der Waals surface area contributed by atoms with Crippen molar-refractivity contribution in [3.05, 3.63) is 59.7 Å². The Labute approximate surface area is 179 Å². The number of hydrogen-bond donors (Lipinski definition) is 1. The van der Waals surface area contributed by atoms with Crippen molar-refractivity contribution in [2.24, 2.45) is 12.0 Å². The number of hydrogen-bond acceptors (Lipinski definition) is 2. The van der Waals surface area contributed by atoms with Crippen LogP contribution in [-0.4, -0.2) is 54.1 Å². The van der Waals surface area contributed by atoms with Gasteiger partial charge in [-0.25, -0.2) is 4.39 Å². The lowest BCUT2D eigenvalue weighted by Gasteiger charge is -2.23. The average Bonchev–Trinajstić information content (AvgIpc) is 3.01. The van der Waals surface area contributed by atoms with Crippen LogP contribution in [0.15, 0.2) is 47.6 Å². The van der Waals surface area contributed by atoms with E-state index in [-0.39, 0.29) is 29.8 Å². The van der Waals surface area contributed by atoms with Crippen molar-refractivity contribution >= 4 is 29.9 Å². The first-order valence-electron chi connectivity index (χ1n) is 9.02. The predicted octanol–water partition coefficient (Wildman–Crippen LogP) is 3.31. The van der Waals surface area contributed by atoms with Gasteiger partial charge in [0, 0.05) is 45.6 Å². The molecule has 1 heterocycles. The highest BCUT2D eigenvalue weighted by atomic mass is 127. The number of aromatic nitrogens is 1. The van der Waals surface area contributed by atoms with E-state index in [1.165, 1.54) is 17.8 Å². The number of guanidine groups is 1. The molecule has 5 nitrogen and oxygen atoms in total. The van der Waals surface area contributed by atoms with Crippen molar-refractivity contribution in [3.63, 3.8) is 0 Å². The van der Waals surface area contributed by atoms with Crippen molar-refractivity contribution in [2.45, 2.75) is 20.0 Å². The molecule has 0 atom stereocenters. The second-order valence-electron chi connectivity index (χ2n) is 6.57. The van der Waals surface area contributed by atoms with E-state index in [0.29, 0.717) is 6.54 Å². The molecule has 1 aromatic carbocycles. The Morgan fingerprint density at radius 3 is 2.44 bits per heavy atom. The van der Waals surface area contributed by atoms with Crippen LogP contribution in [0, 0.1) is 5.82 Å². The number of aryl methyl sites for hydroxylation is 1. The third-order valence-electron chi connectivity index (χ3n) is 4.26. The Hall–Kier alpha value is -1.61. The van der Waals surface area contributed by atoms with Crippen LogP contribution in [0.2, 0.25) is 0 Å². The summed E-state index contributed by atoms with van der Waals surface area (Å²) in [7, 11) is 6.16. The monoisotopic (exact) mass is 487 g/mol. The lowest BCUT2D eigenvalue weighted by molar-refractivity contribution is 0.335. The van der Waals surface area contributed by atoms with E-state index in [1.807, 2.05) is 12.1 Å². The van der Waals surface area contributed by atoms with Crippen LogP contribution in [0.5, 0.6) is 0 Å². The highest BCUT2D eigenvalue weighted by molar-refractivity contribution is 14.0. The number of nitrogens with zero attached hydrogens (tertiary/aromatic N) is 4. The summed E-state index contributed by atoms with van der Waals surface area (Å²) in [4.78, 5) is 9.07. The third kappa shape index (κ3) is 7.88. The summed E-state index contributed by atoms with van der Waals surface area (Å²) >= 11 is 0. The van der Waals surface area contributed by atoms with E-state index >= 15 is 0 Å². The van der Waals surface area contributed by atoms with Crippen LogP contribution >= 0.6 is 24.0 Å². The van der Waals surface area contributed by atoms with E-state index in [0.717, 1.165) is 37.7 Å². The first-order valence-corrected chi connectivity index (χ1v) is 9.02. The number of likely N-dealkylation sites (N-methyl/N-ethyl adjacent to an activating group) is 1. The molecule has 27 heavy (non-hydrogen) atoms. The first kappa shape index (κ1) is 23.4. The van der Waals surface area contributed by atoms with Gasteiger partial charge in [0.05, 0.1) is 13.1 Å². The molecule has 0 amide bonds. The largest absolute Gasteiger partial charge is 0.357 e. The molecule has 0 aliphatic rings. The standard InChI is InChI=1S/C20H30FN5.HI/c1-5-22-20(26(4)16-19-7-6-13-25(19)3)23-12-14-24(2)15-17-8-10-18(21)11-9-17;/h6-11,13H,5,12,14-16H2,1-4H3,(H,22,23);1H. The Bertz CT molecular complexity index is 699. The van der Waals surface area contributed by atoms with E-state index in [2.05, 4.69) is 66.1 Å². The van der Waals surface area contributed by atoms with Gasteiger partial charge in [0.2, 0.25) is 0 Å². The Morgan fingerprint density at radius 2 is 1.85 bits per heavy atom. The number of benzene rings is 1. The van der Waals surface area contributed by atoms with E-state index < -0.39 is 0 Å².